The molecule has 0 spiro atoms. The maximum atomic E-state index is 10.8. The number of aromatic carboxylic acids is 1. The van der Waals surface area contributed by atoms with Gasteiger partial charge in [0.25, 0.3) is 0 Å². The van der Waals surface area contributed by atoms with Crippen molar-refractivity contribution < 1.29 is 9.90 Å². The first-order chi connectivity index (χ1) is 8.56. The summed E-state index contributed by atoms with van der Waals surface area (Å²) < 4.78 is 0. The lowest BCUT2D eigenvalue weighted by Gasteiger charge is -2.04. The number of thiophene rings is 1. The van der Waals surface area contributed by atoms with Crippen molar-refractivity contribution in [2.24, 2.45) is 0 Å². The molecule has 1 aromatic carbocycles. The van der Waals surface area contributed by atoms with Gasteiger partial charge in [0.15, 0.2) is 0 Å². The Morgan fingerprint density at radius 1 is 1.28 bits per heavy atom. The highest BCUT2D eigenvalue weighted by atomic mass is 32.2. The normalized spacial score (nSPS) is 10.6. The number of carboxylic acid groups (broad SMARTS) is 1. The molecule has 0 aliphatic rings. The molecule has 0 saturated carbocycles. The van der Waals surface area contributed by atoms with E-state index in [2.05, 4.69) is 32.0 Å². The number of hydrogen-bond donors (Lipinski definition) is 1. The Bertz CT molecular complexity index is 573. The topological polar surface area (TPSA) is 37.3 Å². The zero-order valence-electron chi connectivity index (χ0n) is 10.3. The van der Waals surface area contributed by atoms with Crippen LogP contribution in [0.2, 0.25) is 0 Å². The average molecular weight is 278 g/mol. The first-order valence-electron chi connectivity index (χ1n) is 5.57. The Morgan fingerprint density at radius 2 is 2.06 bits per heavy atom. The average Bonchev–Trinajstić information content (AvgIpc) is 2.79. The first kappa shape index (κ1) is 13.2. The Kier molecular flexibility index (Phi) is 4.09. The molecule has 0 atom stereocenters. The molecular weight excluding hydrogens is 264 g/mol. The SMILES string of the molecule is Cc1ccc(CSc2csc(C(=O)O)c2)cc1C. The lowest BCUT2D eigenvalue weighted by Crippen LogP contribution is -1.89. The molecule has 1 N–H and O–H groups in total. The molecule has 18 heavy (non-hydrogen) atoms. The number of aryl methyl sites for hydroxylation is 2. The minimum absolute atomic E-state index is 0.401. The molecule has 0 unspecified atom stereocenters. The number of carboxylic acids is 1. The molecule has 2 rings (SSSR count). The van der Waals surface area contributed by atoms with Crippen LogP contribution < -0.4 is 0 Å². The summed E-state index contributed by atoms with van der Waals surface area (Å²) >= 11 is 2.95. The Hall–Kier alpha value is -1.26. The summed E-state index contributed by atoms with van der Waals surface area (Å²) in [6, 6.07) is 8.17. The fraction of sp³-hybridized carbons (Fsp3) is 0.214. The molecule has 2 aromatic rings. The standard InChI is InChI=1S/C14H14O2S2/c1-9-3-4-11(5-10(9)2)7-17-12-6-13(14(15)16)18-8-12/h3-6,8H,7H2,1-2H3,(H,15,16). The van der Waals surface area contributed by atoms with Gasteiger partial charge in [0, 0.05) is 16.0 Å². The van der Waals surface area contributed by atoms with Gasteiger partial charge in [0.2, 0.25) is 0 Å². The van der Waals surface area contributed by atoms with E-state index in [1.165, 1.54) is 28.0 Å². The number of benzene rings is 1. The lowest BCUT2D eigenvalue weighted by molar-refractivity contribution is 0.0702. The second kappa shape index (κ2) is 5.59. The van der Waals surface area contributed by atoms with Gasteiger partial charge in [-0.2, -0.15) is 0 Å². The third kappa shape index (κ3) is 3.15. The van der Waals surface area contributed by atoms with Crippen LogP contribution in [0.4, 0.5) is 0 Å². The van der Waals surface area contributed by atoms with Crippen molar-refractivity contribution in [3.63, 3.8) is 0 Å². The van der Waals surface area contributed by atoms with Gasteiger partial charge in [0.05, 0.1) is 0 Å². The van der Waals surface area contributed by atoms with Gasteiger partial charge in [-0.1, -0.05) is 18.2 Å². The molecule has 0 aliphatic carbocycles. The zero-order valence-corrected chi connectivity index (χ0v) is 11.9. The van der Waals surface area contributed by atoms with E-state index in [1.54, 1.807) is 17.8 Å². The Balaban J connectivity index is 2.02. The molecule has 1 heterocycles. The van der Waals surface area contributed by atoms with E-state index in [0.29, 0.717) is 4.88 Å². The predicted octanol–water partition coefficient (Wildman–Crippen LogP) is 4.36. The highest BCUT2D eigenvalue weighted by Gasteiger charge is 2.07. The molecule has 0 amide bonds. The highest BCUT2D eigenvalue weighted by Crippen LogP contribution is 2.28. The van der Waals surface area contributed by atoms with Gasteiger partial charge in [0.1, 0.15) is 4.88 Å². The van der Waals surface area contributed by atoms with Crippen LogP contribution in [0, 0.1) is 13.8 Å². The van der Waals surface area contributed by atoms with Crippen LogP contribution in [0.15, 0.2) is 34.5 Å². The monoisotopic (exact) mass is 278 g/mol. The van der Waals surface area contributed by atoms with Crippen LogP contribution in [0.3, 0.4) is 0 Å². The minimum Gasteiger partial charge on any atom is -0.477 e. The molecule has 94 valence electrons. The van der Waals surface area contributed by atoms with E-state index in [9.17, 15) is 4.79 Å². The third-order valence-corrected chi connectivity index (χ3v) is 4.88. The van der Waals surface area contributed by atoms with Gasteiger partial charge in [-0.3, -0.25) is 0 Å². The molecule has 0 bridgehead atoms. The van der Waals surface area contributed by atoms with E-state index in [-0.39, 0.29) is 0 Å². The smallest absolute Gasteiger partial charge is 0.345 e. The largest absolute Gasteiger partial charge is 0.477 e. The minimum atomic E-state index is -0.849. The van der Waals surface area contributed by atoms with Gasteiger partial charge >= 0.3 is 5.97 Å². The van der Waals surface area contributed by atoms with Crippen LogP contribution in [-0.4, -0.2) is 11.1 Å². The maximum Gasteiger partial charge on any atom is 0.345 e. The second-order valence-corrected chi connectivity index (χ2v) is 6.12. The van der Waals surface area contributed by atoms with Crippen LogP contribution in [0.1, 0.15) is 26.4 Å². The van der Waals surface area contributed by atoms with E-state index in [0.717, 1.165) is 10.6 Å². The quantitative estimate of drug-likeness (QED) is 0.845. The number of thioether (sulfide) groups is 1. The Labute approximate surface area is 115 Å². The van der Waals surface area contributed by atoms with Gasteiger partial charge < -0.3 is 5.11 Å². The van der Waals surface area contributed by atoms with Gasteiger partial charge in [-0.05, 0) is 36.6 Å². The van der Waals surface area contributed by atoms with Crippen LogP contribution in [-0.2, 0) is 5.75 Å². The summed E-state index contributed by atoms with van der Waals surface area (Å²) in [4.78, 5) is 12.2. The van der Waals surface area contributed by atoms with Crippen LogP contribution in [0.5, 0.6) is 0 Å². The van der Waals surface area contributed by atoms with Gasteiger partial charge in [-0.25, -0.2) is 4.79 Å². The Morgan fingerprint density at radius 3 is 2.67 bits per heavy atom. The molecule has 4 heteroatoms. The number of rotatable bonds is 4. The van der Waals surface area contributed by atoms with Crippen molar-refractivity contribution in [1.29, 1.82) is 0 Å². The van der Waals surface area contributed by atoms with Crippen LogP contribution >= 0.6 is 23.1 Å². The molecule has 0 saturated heterocycles. The molecular formula is C14H14O2S2. The van der Waals surface area contributed by atoms with E-state index < -0.39 is 5.97 Å². The predicted molar refractivity (Wildman–Crippen MR) is 76.8 cm³/mol. The fourth-order valence-corrected chi connectivity index (χ4v) is 3.38. The zero-order chi connectivity index (χ0) is 13.1. The third-order valence-electron chi connectivity index (χ3n) is 2.76. The van der Waals surface area contributed by atoms with Crippen molar-refractivity contribution in [1.82, 2.24) is 0 Å². The number of hydrogen-bond acceptors (Lipinski definition) is 3. The molecule has 2 nitrogen and oxygen atoms in total. The van der Waals surface area contributed by atoms with Gasteiger partial charge in [-0.15, -0.1) is 23.1 Å². The molecule has 0 fully saturated rings. The molecule has 1 aromatic heterocycles. The lowest BCUT2D eigenvalue weighted by atomic mass is 10.1. The van der Waals surface area contributed by atoms with Crippen molar-refractivity contribution >= 4 is 29.1 Å². The first-order valence-corrected chi connectivity index (χ1v) is 7.43. The maximum absolute atomic E-state index is 10.8. The summed E-state index contributed by atoms with van der Waals surface area (Å²) in [5.41, 5.74) is 3.86. The summed E-state index contributed by atoms with van der Waals surface area (Å²) in [5.74, 6) is 0.0229. The number of carbonyl (C=O) groups is 1. The summed E-state index contributed by atoms with van der Waals surface area (Å²) in [7, 11) is 0. The van der Waals surface area contributed by atoms with Crippen LogP contribution in [0.25, 0.3) is 0 Å². The van der Waals surface area contributed by atoms with E-state index in [4.69, 9.17) is 5.11 Å². The second-order valence-electron chi connectivity index (χ2n) is 4.16. The van der Waals surface area contributed by atoms with E-state index in [1.807, 2.05) is 5.38 Å². The summed E-state index contributed by atoms with van der Waals surface area (Å²) in [5, 5.41) is 10.7. The summed E-state index contributed by atoms with van der Waals surface area (Å²) in [6.07, 6.45) is 0. The summed E-state index contributed by atoms with van der Waals surface area (Å²) in [6.45, 7) is 4.21. The van der Waals surface area contributed by atoms with Crippen molar-refractivity contribution in [2.75, 3.05) is 0 Å². The highest BCUT2D eigenvalue weighted by molar-refractivity contribution is 7.98. The van der Waals surface area contributed by atoms with E-state index >= 15 is 0 Å². The van der Waals surface area contributed by atoms with Crippen molar-refractivity contribution in [3.05, 3.63) is 51.2 Å². The van der Waals surface area contributed by atoms with Crippen molar-refractivity contribution in [2.45, 2.75) is 24.5 Å². The van der Waals surface area contributed by atoms with Crippen molar-refractivity contribution in [3.8, 4) is 0 Å². The fourth-order valence-electron chi connectivity index (χ4n) is 1.57. The molecule has 0 aliphatic heterocycles. The molecule has 0 radical (unpaired) electrons.